The monoisotopic (exact) mass is 409 g/mol. The Morgan fingerprint density at radius 3 is 2.71 bits per heavy atom. The molecule has 0 bridgehead atoms. The van der Waals surface area contributed by atoms with E-state index >= 15 is 0 Å². The van der Waals surface area contributed by atoms with Crippen molar-refractivity contribution in [2.45, 2.75) is 44.4 Å². The first-order valence-electron chi connectivity index (χ1n) is 9.45. The van der Waals surface area contributed by atoms with Crippen LogP contribution in [0.1, 0.15) is 43.9 Å². The van der Waals surface area contributed by atoms with Crippen LogP contribution in [0.4, 0.5) is 0 Å². The molecule has 0 saturated carbocycles. The normalized spacial score (nSPS) is 10.8. The number of nitriles is 1. The number of benzene rings is 1. The summed E-state index contributed by atoms with van der Waals surface area (Å²) in [5.74, 6) is 1.16. The van der Waals surface area contributed by atoms with Crippen molar-refractivity contribution in [2.75, 3.05) is 5.75 Å². The van der Waals surface area contributed by atoms with Gasteiger partial charge in [0.2, 0.25) is 0 Å². The second-order valence-corrected chi connectivity index (χ2v) is 8.66. The van der Waals surface area contributed by atoms with Crippen molar-refractivity contribution in [3.8, 4) is 27.9 Å². The molecular formula is C22H23N3OS2. The molecular weight excluding hydrogens is 386 g/mol. The second-order valence-electron chi connectivity index (χ2n) is 6.63. The highest BCUT2D eigenvalue weighted by atomic mass is 32.2. The molecule has 0 aliphatic carbocycles. The summed E-state index contributed by atoms with van der Waals surface area (Å²) in [6, 6.07) is 12.1. The van der Waals surface area contributed by atoms with Crippen LogP contribution in [0, 0.1) is 18.3 Å². The Kier molecular flexibility index (Phi) is 7.07. The zero-order chi connectivity index (χ0) is 19.9. The Labute approximate surface area is 173 Å². The number of nitrogens with one attached hydrogen (secondary N) is 1. The van der Waals surface area contributed by atoms with Crippen LogP contribution in [-0.2, 0) is 0 Å². The number of aromatic nitrogens is 2. The Morgan fingerprint density at radius 1 is 1.21 bits per heavy atom. The lowest BCUT2D eigenvalue weighted by Crippen LogP contribution is -2.11. The first-order chi connectivity index (χ1) is 13.6. The number of pyridine rings is 1. The van der Waals surface area contributed by atoms with E-state index in [9.17, 15) is 4.79 Å². The number of thiazole rings is 1. The first-order valence-corrected chi connectivity index (χ1v) is 11.3. The van der Waals surface area contributed by atoms with Gasteiger partial charge in [0.1, 0.15) is 16.6 Å². The standard InChI is InChI=1S/C22H23N3OS2/c1-3-4-5-6-11-27-18-9-7-16(8-10-18)22-25-20(14-28-22)19-12-17(13-23)21(26)24-15(19)2/h7-10,12,14H,3-6,11H2,1-2H3,(H,24,26). The van der Waals surface area contributed by atoms with Gasteiger partial charge in [-0.05, 0) is 37.3 Å². The summed E-state index contributed by atoms with van der Waals surface area (Å²) >= 11 is 3.47. The maximum Gasteiger partial charge on any atom is 0.266 e. The second kappa shape index (κ2) is 9.72. The third kappa shape index (κ3) is 4.92. The number of hydrogen-bond acceptors (Lipinski definition) is 5. The minimum absolute atomic E-state index is 0.107. The molecule has 1 aromatic carbocycles. The van der Waals surface area contributed by atoms with Gasteiger partial charge in [-0.1, -0.05) is 38.3 Å². The van der Waals surface area contributed by atoms with Gasteiger partial charge in [0.15, 0.2) is 0 Å². The number of aromatic amines is 1. The molecule has 0 saturated heterocycles. The minimum Gasteiger partial charge on any atom is -0.325 e. The van der Waals surface area contributed by atoms with Gasteiger partial charge in [-0.3, -0.25) is 4.79 Å². The first kappa shape index (κ1) is 20.4. The van der Waals surface area contributed by atoms with Crippen LogP contribution in [0.3, 0.4) is 0 Å². The van der Waals surface area contributed by atoms with Gasteiger partial charge in [-0.15, -0.1) is 23.1 Å². The summed E-state index contributed by atoms with van der Waals surface area (Å²) < 4.78 is 0. The molecule has 2 aromatic heterocycles. The SMILES string of the molecule is CCCCCCSc1ccc(-c2nc(-c3cc(C#N)c(=O)[nH]c3C)cs2)cc1. The van der Waals surface area contributed by atoms with E-state index in [0.29, 0.717) is 0 Å². The summed E-state index contributed by atoms with van der Waals surface area (Å²) in [5, 5.41) is 12.0. The van der Waals surface area contributed by atoms with Crippen LogP contribution < -0.4 is 5.56 Å². The third-order valence-electron chi connectivity index (χ3n) is 4.51. The Morgan fingerprint density at radius 2 is 2.00 bits per heavy atom. The topological polar surface area (TPSA) is 69.5 Å². The molecule has 3 rings (SSSR count). The van der Waals surface area contributed by atoms with Crippen LogP contribution in [0.5, 0.6) is 0 Å². The van der Waals surface area contributed by atoms with E-state index in [2.05, 4.69) is 36.2 Å². The van der Waals surface area contributed by atoms with Crippen LogP contribution in [0.25, 0.3) is 21.8 Å². The highest BCUT2D eigenvalue weighted by Crippen LogP contribution is 2.31. The number of nitrogens with zero attached hydrogens (tertiary/aromatic N) is 2. The van der Waals surface area contributed by atoms with Crippen molar-refractivity contribution in [3.63, 3.8) is 0 Å². The predicted molar refractivity (Wildman–Crippen MR) is 118 cm³/mol. The van der Waals surface area contributed by atoms with E-state index in [4.69, 9.17) is 10.2 Å². The zero-order valence-corrected chi connectivity index (χ0v) is 17.8. The van der Waals surface area contributed by atoms with Gasteiger partial charge in [-0.2, -0.15) is 5.26 Å². The van der Waals surface area contributed by atoms with Gasteiger partial charge in [0.25, 0.3) is 5.56 Å². The van der Waals surface area contributed by atoms with Gasteiger partial charge in [-0.25, -0.2) is 4.98 Å². The molecule has 6 heteroatoms. The summed E-state index contributed by atoms with van der Waals surface area (Å²) in [6.45, 7) is 4.06. The molecule has 0 aliphatic rings. The van der Waals surface area contributed by atoms with Gasteiger partial charge in [0.05, 0.1) is 5.69 Å². The smallest absolute Gasteiger partial charge is 0.266 e. The lowest BCUT2D eigenvalue weighted by Gasteiger charge is -2.04. The fourth-order valence-corrected chi connectivity index (χ4v) is 4.65. The quantitative estimate of drug-likeness (QED) is 0.365. The maximum absolute atomic E-state index is 11.7. The van der Waals surface area contributed by atoms with Gasteiger partial charge < -0.3 is 4.98 Å². The molecule has 144 valence electrons. The Hall–Kier alpha value is -2.36. The highest BCUT2D eigenvalue weighted by Gasteiger charge is 2.12. The van der Waals surface area contributed by atoms with Crippen molar-refractivity contribution in [2.24, 2.45) is 0 Å². The Balaban J connectivity index is 1.72. The number of hydrogen-bond donors (Lipinski definition) is 1. The highest BCUT2D eigenvalue weighted by molar-refractivity contribution is 7.99. The molecule has 2 heterocycles. The van der Waals surface area contributed by atoms with Crippen molar-refractivity contribution in [3.05, 3.63) is 57.3 Å². The Bertz CT molecular complexity index is 1030. The predicted octanol–water partition coefficient (Wildman–Crippen LogP) is 6.02. The molecule has 3 aromatic rings. The number of H-pyrrole nitrogens is 1. The van der Waals surface area contributed by atoms with E-state index < -0.39 is 0 Å². The number of aryl methyl sites for hydroxylation is 1. The molecule has 0 radical (unpaired) electrons. The van der Waals surface area contributed by atoms with E-state index in [1.165, 1.54) is 30.6 Å². The fraction of sp³-hybridized carbons (Fsp3) is 0.318. The summed E-state index contributed by atoms with van der Waals surface area (Å²) in [4.78, 5) is 20.5. The molecule has 1 N–H and O–H groups in total. The van der Waals surface area contributed by atoms with Crippen LogP contribution in [0.15, 0.2) is 45.4 Å². The van der Waals surface area contributed by atoms with Crippen molar-refractivity contribution in [1.29, 1.82) is 5.26 Å². The minimum atomic E-state index is -0.359. The largest absolute Gasteiger partial charge is 0.325 e. The summed E-state index contributed by atoms with van der Waals surface area (Å²) in [6.07, 6.45) is 5.16. The van der Waals surface area contributed by atoms with E-state index in [0.717, 1.165) is 33.3 Å². The number of rotatable bonds is 8. The van der Waals surface area contributed by atoms with E-state index in [1.54, 1.807) is 17.4 Å². The van der Waals surface area contributed by atoms with Crippen LogP contribution >= 0.6 is 23.1 Å². The van der Waals surface area contributed by atoms with Crippen molar-refractivity contribution < 1.29 is 0 Å². The van der Waals surface area contributed by atoms with Crippen LogP contribution in [0.2, 0.25) is 0 Å². The van der Waals surface area contributed by atoms with Crippen LogP contribution in [-0.4, -0.2) is 15.7 Å². The molecule has 0 atom stereocenters. The fourth-order valence-electron chi connectivity index (χ4n) is 2.91. The van der Waals surface area contributed by atoms with Crippen molar-refractivity contribution in [1.82, 2.24) is 9.97 Å². The molecule has 28 heavy (non-hydrogen) atoms. The number of unbranched alkanes of at least 4 members (excludes halogenated alkanes) is 3. The van der Waals surface area contributed by atoms with Gasteiger partial charge in [0, 0.05) is 27.1 Å². The van der Waals surface area contributed by atoms with Crippen molar-refractivity contribution >= 4 is 23.1 Å². The third-order valence-corrected chi connectivity index (χ3v) is 6.50. The molecule has 0 fully saturated rings. The lowest BCUT2D eigenvalue weighted by molar-refractivity contribution is 0.706. The average Bonchev–Trinajstić information content (AvgIpc) is 3.18. The molecule has 0 unspecified atom stereocenters. The van der Waals surface area contributed by atoms with Gasteiger partial charge >= 0.3 is 0 Å². The summed E-state index contributed by atoms with van der Waals surface area (Å²) in [5.41, 5.74) is 3.11. The van der Waals surface area contributed by atoms with E-state index in [-0.39, 0.29) is 11.1 Å². The molecule has 4 nitrogen and oxygen atoms in total. The average molecular weight is 410 g/mol. The molecule has 0 amide bonds. The van der Waals surface area contributed by atoms with E-state index in [1.807, 2.05) is 30.1 Å². The lowest BCUT2D eigenvalue weighted by atomic mass is 10.1. The maximum atomic E-state index is 11.7. The zero-order valence-electron chi connectivity index (χ0n) is 16.1. The number of thioether (sulfide) groups is 1. The summed E-state index contributed by atoms with van der Waals surface area (Å²) in [7, 11) is 0. The molecule has 0 spiro atoms. The molecule has 0 aliphatic heterocycles.